The number of benzene rings is 3. The molecule has 0 radical (unpaired) electrons. The summed E-state index contributed by atoms with van der Waals surface area (Å²) in [4.78, 5) is 29.8. The van der Waals surface area contributed by atoms with Crippen LogP contribution in [0.1, 0.15) is 21.7 Å². The van der Waals surface area contributed by atoms with Crippen LogP contribution in [-0.4, -0.2) is 21.4 Å². The van der Waals surface area contributed by atoms with Crippen LogP contribution in [0.3, 0.4) is 0 Å². The van der Waals surface area contributed by atoms with Crippen LogP contribution >= 0.6 is 11.6 Å². The fourth-order valence-corrected chi connectivity index (χ4v) is 3.55. The molecule has 0 atom stereocenters. The van der Waals surface area contributed by atoms with Crippen molar-refractivity contribution in [3.05, 3.63) is 101 Å². The first-order valence-electron chi connectivity index (χ1n) is 9.89. The van der Waals surface area contributed by atoms with E-state index in [-0.39, 0.29) is 24.9 Å². The van der Waals surface area contributed by atoms with Gasteiger partial charge in [-0.2, -0.15) is 0 Å². The molecule has 4 aromatic rings. The smallest absolute Gasteiger partial charge is 0.253 e. The quantitative estimate of drug-likeness (QED) is 0.464. The maximum absolute atomic E-state index is 12.6. The Morgan fingerprint density at radius 3 is 2.35 bits per heavy atom. The molecule has 3 aromatic carbocycles. The largest absolute Gasteiger partial charge is 0.350 e. The Labute approximate surface area is 184 Å². The molecule has 0 fully saturated rings. The molecule has 0 aliphatic carbocycles. The van der Waals surface area contributed by atoms with Gasteiger partial charge in [0.25, 0.3) is 5.91 Å². The van der Waals surface area contributed by atoms with E-state index in [9.17, 15) is 9.59 Å². The predicted octanol–water partition coefficient (Wildman–Crippen LogP) is 3.94. The van der Waals surface area contributed by atoms with E-state index in [0.717, 1.165) is 16.6 Å². The van der Waals surface area contributed by atoms with Crippen molar-refractivity contribution < 1.29 is 9.59 Å². The van der Waals surface area contributed by atoms with Crippen LogP contribution in [0.15, 0.2) is 78.9 Å². The average molecular weight is 433 g/mol. The number of halogens is 1. The van der Waals surface area contributed by atoms with E-state index in [1.165, 1.54) is 0 Å². The zero-order valence-corrected chi connectivity index (χ0v) is 17.5. The molecule has 6 nitrogen and oxygen atoms in total. The average Bonchev–Trinajstić information content (AvgIpc) is 3.14. The van der Waals surface area contributed by atoms with Crippen LogP contribution in [0.4, 0.5) is 0 Å². The minimum Gasteiger partial charge on any atom is -0.350 e. The molecule has 4 rings (SSSR count). The van der Waals surface area contributed by atoms with Gasteiger partial charge in [0.15, 0.2) is 0 Å². The lowest BCUT2D eigenvalue weighted by molar-refractivity contribution is -0.121. The summed E-state index contributed by atoms with van der Waals surface area (Å²) in [5.41, 5.74) is 3.02. The van der Waals surface area contributed by atoms with Gasteiger partial charge in [-0.15, -0.1) is 0 Å². The third-order valence-corrected chi connectivity index (χ3v) is 5.22. The third kappa shape index (κ3) is 4.92. The molecule has 31 heavy (non-hydrogen) atoms. The number of carbonyl (C=O) groups is 2. The van der Waals surface area contributed by atoms with Gasteiger partial charge in [-0.05, 0) is 29.8 Å². The molecule has 2 N–H and O–H groups in total. The zero-order valence-electron chi connectivity index (χ0n) is 16.7. The van der Waals surface area contributed by atoms with Crippen LogP contribution in [0.2, 0.25) is 5.02 Å². The fourth-order valence-electron chi connectivity index (χ4n) is 3.33. The zero-order chi connectivity index (χ0) is 21.6. The second kappa shape index (κ2) is 9.45. The summed E-state index contributed by atoms with van der Waals surface area (Å²) in [5, 5.41) is 6.17. The number of nitrogens with zero attached hydrogens (tertiary/aromatic N) is 2. The monoisotopic (exact) mass is 432 g/mol. The molecule has 0 bridgehead atoms. The summed E-state index contributed by atoms with van der Waals surface area (Å²) in [6.07, 6.45) is 0. The summed E-state index contributed by atoms with van der Waals surface area (Å²) >= 11 is 6.12. The van der Waals surface area contributed by atoms with Crippen LogP contribution in [-0.2, 0) is 24.4 Å². The second-order valence-corrected chi connectivity index (χ2v) is 7.43. The van der Waals surface area contributed by atoms with Gasteiger partial charge in [0.05, 0.1) is 28.2 Å². The van der Waals surface area contributed by atoms with E-state index in [2.05, 4.69) is 15.6 Å². The van der Waals surface area contributed by atoms with Gasteiger partial charge < -0.3 is 15.2 Å². The highest BCUT2D eigenvalue weighted by molar-refractivity contribution is 6.33. The SMILES string of the molecule is O=C(Cn1c(CNC(=O)c2ccccc2Cl)nc2ccccc21)NCc1ccccc1. The number of fused-ring (bicyclic) bond motifs is 1. The van der Waals surface area contributed by atoms with Gasteiger partial charge in [-0.25, -0.2) is 4.98 Å². The lowest BCUT2D eigenvalue weighted by atomic mass is 10.2. The minimum atomic E-state index is -0.294. The fraction of sp³-hybridized carbons (Fsp3) is 0.125. The van der Waals surface area contributed by atoms with Crippen molar-refractivity contribution >= 4 is 34.4 Å². The minimum absolute atomic E-state index is 0.102. The van der Waals surface area contributed by atoms with E-state index in [4.69, 9.17) is 11.6 Å². The van der Waals surface area contributed by atoms with Gasteiger partial charge in [-0.1, -0.05) is 66.2 Å². The second-order valence-electron chi connectivity index (χ2n) is 7.03. The highest BCUT2D eigenvalue weighted by Crippen LogP contribution is 2.17. The molecule has 0 saturated carbocycles. The number of aromatic nitrogens is 2. The standard InChI is InChI=1S/C24H21ClN4O2/c25-19-11-5-4-10-18(19)24(31)27-15-22-28-20-12-6-7-13-21(20)29(22)16-23(30)26-14-17-8-2-1-3-9-17/h1-13H,14-16H2,(H,26,30)(H,27,31). The summed E-state index contributed by atoms with van der Waals surface area (Å²) in [6.45, 7) is 0.722. The van der Waals surface area contributed by atoms with Gasteiger partial charge in [0, 0.05) is 6.54 Å². The molecule has 1 heterocycles. The van der Waals surface area contributed by atoms with Crippen molar-refractivity contribution in [2.24, 2.45) is 0 Å². The predicted molar refractivity (Wildman–Crippen MR) is 121 cm³/mol. The van der Waals surface area contributed by atoms with Crippen LogP contribution in [0.5, 0.6) is 0 Å². The van der Waals surface area contributed by atoms with E-state index >= 15 is 0 Å². The van der Waals surface area contributed by atoms with Gasteiger partial charge in [0.2, 0.25) is 5.91 Å². The maximum atomic E-state index is 12.6. The Morgan fingerprint density at radius 1 is 0.839 bits per heavy atom. The lowest BCUT2D eigenvalue weighted by Crippen LogP contribution is -2.29. The lowest BCUT2D eigenvalue weighted by Gasteiger charge is -2.11. The first kappa shape index (κ1) is 20.6. The van der Waals surface area contributed by atoms with E-state index in [1.54, 1.807) is 24.3 Å². The Morgan fingerprint density at radius 2 is 1.55 bits per heavy atom. The Hall–Kier alpha value is -3.64. The number of rotatable bonds is 7. The van der Waals surface area contributed by atoms with Crippen molar-refractivity contribution in [2.75, 3.05) is 0 Å². The summed E-state index contributed by atoms with van der Waals surface area (Å²) in [6, 6.07) is 24.2. The van der Waals surface area contributed by atoms with E-state index < -0.39 is 0 Å². The molecule has 0 aliphatic rings. The van der Waals surface area contributed by atoms with Crippen LogP contribution in [0.25, 0.3) is 11.0 Å². The summed E-state index contributed by atoms with van der Waals surface area (Å²) in [5.74, 6) is 0.167. The highest BCUT2D eigenvalue weighted by atomic mass is 35.5. The Kier molecular flexibility index (Phi) is 6.29. The molecule has 156 valence electrons. The summed E-state index contributed by atoms with van der Waals surface area (Å²) in [7, 11) is 0. The topological polar surface area (TPSA) is 76.0 Å². The number of carbonyl (C=O) groups excluding carboxylic acids is 2. The number of hydrogen-bond donors (Lipinski definition) is 2. The molecule has 7 heteroatoms. The van der Waals surface area contributed by atoms with Gasteiger partial charge in [-0.3, -0.25) is 9.59 Å². The van der Waals surface area contributed by atoms with E-state index in [0.29, 0.717) is 23.0 Å². The Balaban J connectivity index is 1.49. The maximum Gasteiger partial charge on any atom is 0.253 e. The van der Waals surface area contributed by atoms with E-state index in [1.807, 2.05) is 59.2 Å². The molecular weight excluding hydrogens is 412 g/mol. The van der Waals surface area contributed by atoms with Crippen molar-refractivity contribution in [1.82, 2.24) is 20.2 Å². The van der Waals surface area contributed by atoms with Gasteiger partial charge >= 0.3 is 0 Å². The molecule has 1 aromatic heterocycles. The van der Waals surface area contributed by atoms with Crippen molar-refractivity contribution in [1.29, 1.82) is 0 Å². The number of para-hydroxylation sites is 2. The van der Waals surface area contributed by atoms with Crippen molar-refractivity contribution in [3.63, 3.8) is 0 Å². The van der Waals surface area contributed by atoms with Gasteiger partial charge in [0.1, 0.15) is 12.4 Å². The van der Waals surface area contributed by atoms with Crippen LogP contribution in [0, 0.1) is 0 Å². The molecule has 2 amide bonds. The molecule has 0 aliphatic heterocycles. The molecule has 0 unspecified atom stereocenters. The number of amides is 2. The summed E-state index contributed by atoms with van der Waals surface area (Å²) < 4.78 is 1.82. The normalized spacial score (nSPS) is 10.7. The molecule has 0 saturated heterocycles. The Bertz CT molecular complexity index is 1220. The van der Waals surface area contributed by atoms with Crippen molar-refractivity contribution in [3.8, 4) is 0 Å². The first-order valence-corrected chi connectivity index (χ1v) is 10.3. The van der Waals surface area contributed by atoms with Crippen molar-refractivity contribution in [2.45, 2.75) is 19.6 Å². The number of hydrogen-bond acceptors (Lipinski definition) is 3. The number of imidazole rings is 1. The number of nitrogens with one attached hydrogen (secondary N) is 2. The molecular formula is C24H21ClN4O2. The third-order valence-electron chi connectivity index (χ3n) is 4.89. The van der Waals surface area contributed by atoms with Crippen LogP contribution < -0.4 is 10.6 Å². The molecule has 0 spiro atoms. The highest BCUT2D eigenvalue weighted by Gasteiger charge is 2.16. The first-order chi connectivity index (χ1) is 15.1.